The molecule has 1 aliphatic rings. The average Bonchev–Trinajstić information content (AvgIpc) is 3.23. The van der Waals surface area contributed by atoms with Crippen LogP contribution < -0.4 is 4.74 Å². The molecular weight excluding hydrogens is 412 g/mol. The number of amides is 1. The molecule has 1 amide bonds. The molecular formula is C20H24N2O7S. The maximum absolute atomic E-state index is 13.0. The van der Waals surface area contributed by atoms with E-state index in [9.17, 15) is 23.1 Å². The Balaban J connectivity index is 1.71. The number of carboxylic acids is 1. The monoisotopic (exact) mass is 436 g/mol. The summed E-state index contributed by atoms with van der Waals surface area (Å²) in [6.45, 7) is 5.34. The molecule has 0 unspecified atom stereocenters. The first-order chi connectivity index (χ1) is 14.0. The molecule has 0 aliphatic carbocycles. The van der Waals surface area contributed by atoms with Gasteiger partial charge in [0.2, 0.25) is 10.0 Å². The Bertz CT molecular complexity index is 1040. The summed E-state index contributed by atoms with van der Waals surface area (Å²) >= 11 is 0. The van der Waals surface area contributed by atoms with Gasteiger partial charge in [0.25, 0.3) is 5.91 Å². The molecule has 1 aromatic heterocycles. The lowest BCUT2D eigenvalue weighted by Gasteiger charge is -2.33. The van der Waals surface area contributed by atoms with Gasteiger partial charge < -0.3 is 19.2 Å². The van der Waals surface area contributed by atoms with Crippen LogP contribution in [0.3, 0.4) is 0 Å². The molecule has 0 saturated carbocycles. The van der Waals surface area contributed by atoms with Gasteiger partial charge in [-0.05, 0) is 56.7 Å². The molecule has 0 bridgehead atoms. The molecule has 0 radical (unpaired) electrons. The highest BCUT2D eigenvalue weighted by atomic mass is 32.2. The zero-order valence-corrected chi connectivity index (χ0v) is 17.8. The summed E-state index contributed by atoms with van der Waals surface area (Å²) in [5.74, 6) is -0.868. The van der Waals surface area contributed by atoms with Crippen LogP contribution in [0.25, 0.3) is 0 Å². The smallest absolute Gasteiger partial charge is 0.347 e. The SMILES string of the molecule is Cc1cc(S(=O)(=O)N2CCN(C(=O)c3ccco3)CC2)ccc1OC(C)(C)C(=O)O. The zero-order chi connectivity index (χ0) is 22.1. The molecule has 1 N–H and O–H groups in total. The van der Waals surface area contributed by atoms with E-state index < -0.39 is 21.6 Å². The zero-order valence-electron chi connectivity index (χ0n) is 17.0. The van der Waals surface area contributed by atoms with Crippen LogP contribution in [-0.2, 0) is 14.8 Å². The molecule has 1 saturated heterocycles. The van der Waals surface area contributed by atoms with Gasteiger partial charge in [-0.25, -0.2) is 13.2 Å². The lowest BCUT2D eigenvalue weighted by molar-refractivity contribution is -0.152. The second-order valence-electron chi connectivity index (χ2n) is 7.52. The maximum Gasteiger partial charge on any atom is 0.347 e. The van der Waals surface area contributed by atoms with E-state index in [0.717, 1.165) is 0 Å². The van der Waals surface area contributed by atoms with E-state index in [0.29, 0.717) is 11.3 Å². The first-order valence-electron chi connectivity index (χ1n) is 9.38. The van der Waals surface area contributed by atoms with Crippen LogP contribution in [0.1, 0.15) is 30.0 Å². The second kappa shape index (κ2) is 8.11. The van der Waals surface area contributed by atoms with Crippen molar-refractivity contribution in [3.63, 3.8) is 0 Å². The number of carbonyl (C=O) groups excluding carboxylic acids is 1. The van der Waals surface area contributed by atoms with Crippen LogP contribution in [0.5, 0.6) is 5.75 Å². The highest BCUT2D eigenvalue weighted by molar-refractivity contribution is 7.89. The number of piperazine rings is 1. The largest absolute Gasteiger partial charge is 0.478 e. The number of carbonyl (C=O) groups is 2. The number of sulfonamides is 1. The standard InChI is InChI=1S/C20H24N2O7S/c1-14-13-15(6-7-16(14)29-20(2,3)19(24)25)30(26,27)22-10-8-21(9-11-22)18(23)17-5-4-12-28-17/h4-7,12-13H,8-11H2,1-3H3,(H,24,25). The van der Waals surface area contributed by atoms with Crippen LogP contribution >= 0.6 is 0 Å². The van der Waals surface area contributed by atoms with E-state index in [2.05, 4.69) is 0 Å². The van der Waals surface area contributed by atoms with Gasteiger partial charge in [0, 0.05) is 26.2 Å². The third-order valence-electron chi connectivity index (χ3n) is 4.92. The van der Waals surface area contributed by atoms with E-state index in [4.69, 9.17) is 9.15 Å². The number of aliphatic carboxylic acids is 1. The first kappa shape index (κ1) is 21.8. The Kier molecular flexibility index (Phi) is 5.91. The van der Waals surface area contributed by atoms with Crippen molar-refractivity contribution in [3.8, 4) is 5.75 Å². The summed E-state index contributed by atoms with van der Waals surface area (Å²) in [6.07, 6.45) is 1.42. The van der Waals surface area contributed by atoms with Crippen LogP contribution in [0.2, 0.25) is 0 Å². The predicted octanol–water partition coefficient (Wildman–Crippen LogP) is 1.98. The number of ether oxygens (including phenoxy) is 1. The van der Waals surface area contributed by atoms with Gasteiger partial charge in [0.05, 0.1) is 11.2 Å². The Hall–Kier alpha value is -2.85. The molecule has 1 aliphatic heterocycles. The fourth-order valence-electron chi connectivity index (χ4n) is 3.05. The number of carboxylic acid groups (broad SMARTS) is 1. The van der Waals surface area contributed by atoms with Gasteiger partial charge in [-0.1, -0.05) is 0 Å². The van der Waals surface area contributed by atoms with Crippen molar-refractivity contribution in [2.24, 2.45) is 0 Å². The number of furan rings is 1. The minimum Gasteiger partial charge on any atom is -0.478 e. The molecule has 9 nitrogen and oxygen atoms in total. The number of aryl methyl sites for hydroxylation is 1. The number of hydrogen-bond acceptors (Lipinski definition) is 6. The van der Waals surface area contributed by atoms with Crippen molar-refractivity contribution in [1.82, 2.24) is 9.21 Å². The minimum absolute atomic E-state index is 0.0892. The summed E-state index contributed by atoms with van der Waals surface area (Å²) in [4.78, 5) is 25.2. The molecule has 10 heteroatoms. The van der Waals surface area contributed by atoms with Gasteiger partial charge in [-0.15, -0.1) is 0 Å². The Morgan fingerprint density at radius 1 is 1.13 bits per heavy atom. The molecule has 30 heavy (non-hydrogen) atoms. The van der Waals surface area contributed by atoms with E-state index in [1.165, 1.54) is 42.6 Å². The van der Waals surface area contributed by atoms with Crippen molar-refractivity contribution >= 4 is 21.9 Å². The molecule has 0 atom stereocenters. The van der Waals surface area contributed by atoms with Crippen molar-refractivity contribution in [3.05, 3.63) is 47.9 Å². The number of hydrogen-bond donors (Lipinski definition) is 1. The van der Waals surface area contributed by atoms with Gasteiger partial charge in [-0.3, -0.25) is 4.79 Å². The van der Waals surface area contributed by atoms with Crippen molar-refractivity contribution in [1.29, 1.82) is 0 Å². The highest BCUT2D eigenvalue weighted by Crippen LogP contribution is 2.27. The van der Waals surface area contributed by atoms with E-state index >= 15 is 0 Å². The summed E-state index contributed by atoms with van der Waals surface area (Å²) in [5.41, 5.74) is -0.931. The van der Waals surface area contributed by atoms with Crippen LogP contribution in [0, 0.1) is 6.92 Å². The molecule has 0 spiro atoms. The highest BCUT2D eigenvalue weighted by Gasteiger charge is 2.33. The van der Waals surface area contributed by atoms with Crippen molar-refractivity contribution in [2.45, 2.75) is 31.3 Å². The number of benzene rings is 1. The lowest BCUT2D eigenvalue weighted by Crippen LogP contribution is -2.50. The van der Waals surface area contributed by atoms with E-state index in [1.807, 2.05) is 0 Å². The van der Waals surface area contributed by atoms with Gasteiger partial charge in [0.1, 0.15) is 5.75 Å². The number of rotatable bonds is 6. The topological polar surface area (TPSA) is 117 Å². The minimum atomic E-state index is -3.76. The average molecular weight is 436 g/mol. The molecule has 1 fully saturated rings. The number of nitrogens with zero attached hydrogens (tertiary/aromatic N) is 2. The van der Waals surface area contributed by atoms with E-state index in [-0.39, 0.29) is 42.7 Å². The summed E-state index contributed by atoms with van der Waals surface area (Å²) < 4.78 is 38.0. The Labute approximate surface area is 174 Å². The summed E-state index contributed by atoms with van der Waals surface area (Å²) in [7, 11) is -3.76. The summed E-state index contributed by atoms with van der Waals surface area (Å²) in [6, 6.07) is 7.52. The molecule has 2 aromatic rings. The second-order valence-corrected chi connectivity index (χ2v) is 9.46. The third kappa shape index (κ3) is 4.34. The van der Waals surface area contributed by atoms with Gasteiger partial charge in [0.15, 0.2) is 11.4 Å². The normalized spacial score (nSPS) is 15.8. The predicted molar refractivity (Wildman–Crippen MR) is 107 cm³/mol. The summed E-state index contributed by atoms with van der Waals surface area (Å²) in [5, 5.41) is 9.21. The lowest BCUT2D eigenvalue weighted by atomic mass is 10.1. The van der Waals surface area contributed by atoms with Crippen LogP contribution in [0.15, 0.2) is 45.9 Å². The van der Waals surface area contributed by atoms with Crippen molar-refractivity contribution < 1.29 is 32.3 Å². The molecule has 3 rings (SSSR count). The van der Waals surface area contributed by atoms with Crippen LogP contribution in [0.4, 0.5) is 0 Å². The third-order valence-corrected chi connectivity index (χ3v) is 6.82. The van der Waals surface area contributed by atoms with Crippen LogP contribution in [-0.4, -0.2) is 66.4 Å². The Morgan fingerprint density at radius 3 is 2.33 bits per heavy atom. The van der Waals surface area contributed by atoms with Crippen molar-refractivity contribution in [2.75, 3.05) is 26.2 Å². The van der Waals surface area contributed by atoms with Gasteiger partial charge in [-0.2, -0.15) is 4.31 Å². The maximum atomic E-state index is 13.0. The molecule has 2 heterocycles. The molecule has 1 aromatic carbocycles. The fourth-order valence-corrected chi connectivity index (χ4v) is 4.56. The molecule has 162 valence electrons. The van der Waals surface area contributed by atoms with E-state index in [1.54, 1.807) is 24.0 Å². The first-order valence-corrected chi connectivity index (χ1v) is 10.8. The quantitative estimate of drug-likeness (QED) is 0.736. The Morgan fingerprint density at radius 2 is 1.80 bits per heavy atom. The fraction of sp³-hybridized carbons (Fsp3) is 0.400. The van der Waals surface area contributed by atoms with Gasteiger partial charge >= 0.3 is 5.97 Å².